The number of aldehydes is 1. The van der Waals surface area contributed by atoms with Crippen LogP contribution in [0.1, 0.15) is 55.2 Å². The Hall–Kier alpha value is -3.13. The second-order valence-corrected chi connectivity index (χ2v) is 9.94. The molecule has 7 nitrogen and oxygen atoms in total. The molecule has 182 valence electrons. The quantitative estimate of drug-likeness (QED) is 0.340. The first kappa shape index (κ1) is 25.0. The number of halogens is 1. The van der Waals surface area contributed by atoms with Crippen LogP contribution < -0.4 is 0 Å². The Labute approximate surface area is 210 Å². The zero-order valence-electron chi connectivity index (χ0n) is 20.7. The fourth-order valence-electron chi connectivity index (χ4n) is 4.27. The van der Waals surface area contributed by atoms with Crippen LogP contribution in [0, 0.1) is 0 Å². The minimum absolute atomic E-state index is 0.0185. The maximum Gasteiger partial charge on any atom is 0.152 e. The van der Waals surface area contributed by atoms with Crippen molar-refractivity contribution in [1.82, 2.24) is 24.4 Å². The van der Waals surface area contributed by atoms with E-state index in [1.54, 1.807) is 30.6 Å². The van der Waals surface area contributed by atoms with E-state index >= 15 is 0 Å². The molecule has 0 saturated carbocycles. The summed E-state index contributed by atoms with van der Waals surface area (Å²) in [6, 6.07) is 11.3. The van der Waals surface area contributed by atoms with Crippen LogP contribution in [0.3, 0.4) is 0 Å². The number of carbonyl (C=O) groups is 1. The van der Waals surface area contributed by atoms with Crippen molar-refractivity contribution in [2.75, 3.05) is 20.7 Å². The molecule has 2 aromatic carbocycles. The van der Waals surface area contributed by atoms with Crippen molar-refractivity contribution in [2.45, 2.75) is 38.6 Å². The number of fused-ring (bicyclic) bond motifs is 1. The van der Waals surface area contributed by atoms with Gasteiger partial charge in [-0.15, -0.1) is 0 Å². The van der Waals surface area contributed by atoms with Gasteiger partial charge in [0.2, 0.25) is 0 Å². The lowest BCUT2D eigenvalue weighted by molar-refractivity contribution is 0.112. The van der Waals surface area contributed by atoms with Gasteiger partial charge in [-0.3, -0.25) is 14.3 Å². The van der Waals surface area contributed by atoms with E-state index in [9.17, 15) is 9.90 Å². The molecule has 0 bridgehead atoms. The fourth-order valence-corrected chi connectivity index (χ4v) is 4.54. The summed E-state index contributed by atoms with van der Waals surface area (Å²) in [5, 5.41) is 10.1. The van der Waals surface area contributed by atoms with Gasteiger partial charge in [0.1, 0.15) is 11.6 Å². The lowest BCUT2D eigenvalue weighted by Crippen LogP contribution is -2.25. The maximum atomic E-state index is 12.0. The molecule has 0 saturated heterocycles. The van der Waals surface area contributed by atoms with E-state index in [1.165, 1.54) is 0 Å². The minimum Gasteiger partial charge on any atom is -0.395 e. The van der Waals surface area contributed by atoms with E-state index in [4.69, 9.17) is 16.6 Å². The average molecular weight is 492 g/mol. The Kier molecular flexibility index (Phi) is 7.03. The second-order valence-electron chi connectivity index (χ2n) is 9.53. The largest absolute Gasteiger partial charge is 0.395 e. The van der Waals surface area contributed by atoms with Crippen molar-refractivity contribution in [1.29, 1.82) is 0 Å². The number of aliphatic hydroxyl groups excluding tert-OH is 1. The number of hydrogen-bond acceptors (Lipinski definition) is 6. The van der Waals surface area contributed by atoms with Gasteiger partial charge in [0.25, 0.3) is 0 Å². The second kappa shape index (κ2) is 9.85. The molecule has 0 spiro atoms. The number of carbonyl (C=O) groups excluding carboxylic acids is 1. The summed E-state index contributed by atoms with van der Waals surface area (Å²) in [5.74, 6) is 1.40. The lowest BCUT2D eigenvalue weighted by Gasteiger charge is -2.24. The molecule has 0 aliphatic rings. The monoisotopic (exact) mass is 491 g/mol. The molecule has 8 heteroatoms. The van der Waals surface area contributed by atoms with Crippen LogP contribution in [0.5, 0.6) is 0 Å². The van der Waals surface area contributed by atoms with E-state index in [2.05, 4.69) is 21.8 Å². The standard InChI is InChI=1S/C27H30ClN5O2/c1-6-22(32(4)5)25-31-21-11-10-17(19-13-29-26(30-14-19)27(2,3)16-35)12-23(21)33(25)24-18(15-34)8-7-9-20(24)28/h7-15,22,35H,6,16H2,1-5H3. The van der Waals surface area contributed by atoms with Gasteiger partial charge in [0.15, 0.2) is 6.29 Å². The van der Waals surface area contributed by atoms with Crippen molar-refractivity contribution in [3.8, 4) is 16.8 Å². The SMILES string of the molecule is CCC(c1nc2ccc(-c3cnc(C(C)(C)CO)nc3)cc2n1-c1c(Cl)cccc1C=O)N(C)C. The third kappa shape index (κ3) is 4.59. The zero-order valence-corrected chi connectivity index (χ0v) is 21.4. The van der Waals surface area contributed by atoms with E-state index in [1.807, 2.05) is 50.7 Å². The third-order valence-corrected chi connectivity index (χ3v) is 6.65. The molecule has 0 fully saturated rings. The highest BCUT2D eigenvalue weighted by Gasteiger charge is 2.25. The molecule has 1 N–H and O–H groups in total. The van der Waals surface area contributed by atoms with Gasteiger partial charge in [-0.1, -0.05) is 44.5 Å². The van der Waals surface area contributed by atoms with Crippen LogP contribution >= 0.6 is 11.6 Å². The summed E-state index contributed by atoms with van der Waals surface area (Å²) in [7, 11) is 4.03. The highest BCUT2D eigenvalue weighted by atomic mass is 35.5. The fraction of sp³-hybridized carbons (Fsp3) is 0.333. The van der Waals surface area contributed by atoms with Crippen LogP contribution in [0.25, 0.3) is 27.8 Å². The van der Waals surface area contributed by atoms with Gasteiger partial charge in [0, 0.05) is 28.9 Å². The number of rotatable bonds is 8. The summed E-state index contributed by atoms with van der Waals surface area (Å²) in [6.45, 7) is 5.87. The molecule has 2 aromatic heterocycles. The minimum atomic E-state index is -0.521. The van der Waals surface area contributed by atoms with E-state index in [-0.39, 0.29) is 12.6 Å². The molecular weight excluding hydrogens is 462 g/mol. The smallest absolute Gasteiger partial charge is 0.152 e. The predicted molar refractivity (Wildman–Crippen MR) is 139 cm³/mol. The predicted octanol–water partition coefficient (Wildman–Crippen LogP) is 5.23. The molecule has 1 atom stereocenters. The van der Waals surface area contributed by atoms with Crippen LogP contribution in [0.15, 0.2) is 48.8 Å². The number of aliphatic hydroxyl groups is 1. The first-order chi connectivity index (χ1) is 16.7. The maximum absolute atomic E-state index is 12.0. The number of benzene rings is 2. The van der Waals surface area contributed by atoms with Gasteiger partial charge < -0.3 is 5.11 Å². The number of hydrogen-bond donors (Lipinski definition) is 1. The van der Waals surface area contributed by atoms with Crippen LogP contribution in [0.2, 0.25) is 5.02 Å². The van der Waals surface area contributed by atoms with Crippen molar-refractivity contribution in [2.24, 2.45) is 0 Å². The molecule has 0 aliphatic carbocycles. The molecule has 4 aromatic rings. The van der Waals surface area contributed by atoms with Crippen LogP contribution in [-0.2, 0) is 5.41 Å². The van der Waals surface area contributed by atoms with E-state index < -0.39 is 5.41 Å². The van der Waals surface area contributed by atoms with Crippen molar-refractivity contribution >= 4 is 28.9 Å². The molecule has 35 heavy (non-hydrogen) atoms. The van der Waals surface area contributed by atoms with Gasteiger partial charge in [-0.2, -0.15) is 0 Å². The Balaban J connectivity index is 1.96. The van der Waals surface area contributed by atoms with Gasteiger partial charge in [-0.25, -0.2) is 15.0 Å². The first-order valence-corrected chi connectivity index (χ1v) is 12.0. The number of para-hydroxylation sites is 1. The Morgan fingerprint density at radius 3 is 2.46 bits per heavy atom. The van der Waals surface area contributed by atoms with Crippen LogP contribution in [0.4, 0.5) is 0 Å². The highest BCUT2D eigenvalue weighted by molar-refractivity contribution is 6.33. The number of nitrogens with zero attached hydrogens (tertiary/aromatic N) is 5. The van der Waals surface area contributed by atoms with Gasteiger partial charge >= 0.3 is 0 Å². The lowest BCUT2D eigenvalue weighted by atomic mass is 9.93. The van der Waals surface area contributed by atoms with Crippen molar-refractivity contribution < 1.29 is 9.90 Å². The van der Waals surface area contributed by atoms with Gasteiger partial charge in [0.05, 0.1) is 34.4 Å². The molecule has 2 heterocycles. The highest BCUT2D eigenvalue weighted by Crippen LogP contribution is 2.35. The number of aromatic nitrogens is 4. The molecule has 0 radical (unpaired) electrons. The van der Waals surface area contributed by atoms with E-state index in [0.717, 1.165) is 40.7 Å². The Morgan fingerprint density at radius 1 is 1.14 bits per heavy atom. The zero-order chi connectivity index (χ0) is 25.3. The van der Waals surface area contributed by atoms with E-state index in [0.29, 0.717) is 22.1 Å². The molecule has 0 aliphatic heterocycles. The molecule has 0 amide bonds. The number of imidazole rings is 1. The first-order valence-electron chi connectivity index (χ1n) is 11.6. The topological polar surface area (TPSA) is 84.1 Å². The Bertz CT molecular complexity index is 1360. The summed E-state index contributed by atoms with van der Waals surface area (Å²) in [5.41, 5.74) is 4.00. The third-order valence-electron chi connectivity index (χ3n) is 6.34. The summed E-state index contributed by atoms with van der Waals surface area (Å²) in [6.07, 6.45) is 5.19. The Morgan fingerprint density at radius 2 is 1.86 bits per heavy atom. The molecule has 4 rings (SSSR count). The van der Waals surface area contributed by atoms with Crippen LogP contribution in [-0.4, -0.2) is 56.5 Å². The van der Waals surface area contributed by atoms with Crippen molar-refractivity contribution in [3.05, 3.63) is 71.0 Å². The normalized spacial score (nSPS) is 12.9. The summed E-state index contributed by atoms with van der Waals surface area (Å²) < 4.78 is 2.00. The molecular formula is C27H30ClN5O2. The molecule has 1 unspecified atom stereocenters. The summed E-state index contributed by atoms with van der Waals surface area (Å²) in [4.78, 5) is 28.1. The summed E-state index contributed by atoms with van der Waals surface area (Å²) >= 11 is 6.67. The average Bonchev–Trinajstić information content (AvgIpc) is 3.21. The van der Waals surface area contributed by atoms with Gasteiger partial charge in [-0.05, 0) is 50.3 Å². The van der Waals surface area contributed by atoms with Crippen molar-refractivity contribution in [3.63, 3.8) is 0 Å².